The Labute approximate surface area is 113 Å². The number of aliphatic hydroxyl groups excluding tert-OH is 1. The number of rotatable bonds is 2. The number of aliphatic hydroxyl groups is 1. The highest BCUT2D eigenvalue weighted by molar-refractivity contribution is 5.31. The summed E-state index contributed by atoms with van der Waals surface area (Å²) < 4.78 is 4.21. The van der Waals surface area contributed by atoms with E-state index in [1.165, 1.54) is 17.0 Å². The molecule has 3 rings (SSSR count). The van der Waals surface area contributed by atoms with Gasteiger partial charge in [-0.15, -0.1) is 0 Å². The summed E-state index contributed by atoms with van der Waals surface area (Å²) in [5.41, 5.74) is 6.02. The van der Waals surface area contributed by atoms with E-state index in [4.69, 9.17) is 0 Å². The van der Waals surface area contributed by atoms with Gasteiger partial charge in [0.05, 0.1) is 18.3 Å². The molecular formula is C15H21N3O. The van der Waals surface area contributed by atoms with Gasteiger partial charge >= 0.3 is 0 Å². The van der Waals surface area contributed by atoms with Crippen LogP contribution >= 0.6 is 0 Å². The van der Waals surface area contributed by atoms with Crippen LogP contribution in [0.2, 0.25) is 0 Å². The van der Waals surface area contributed by atoms with Crippen molar-refractivity contribution in [1.82, 2.24) is 14.3 Å². The van der Waals surface area contributed by atoms with E-state index in [9.17, 15) is 5.11 Å². The Kier molecular flexibility index (Phi) is 2.97. The van der Waals surface area contributed by atoms with E-state index in [0.717, 1.165) is 37.1 Å². The van der Waals surface area contributed by atoms with Crippen molar-refractivity contribution in [3.8, 4) is 0 Å². The van der Waals surface area contributed by atoms with Gasteiger partial charge in [0, 0.05) is 35.8 Å². The van der Waals surface area contributed by atoms with Crippen molar-refractivity contribution >= 4 is 0 Å². The molecule has 1 aliphatic rings. The fourth-order valence-corrected chi connectivity index (χ4v) is 3.10. The van der Waals surface area contributed by atoms with E-state index in [0.29, 0.717) is 0 Å². The maximum atomic E-state index is 10.0. The Bertz CT molecular complexity index is 609. The van der Waals surface area contributed by atoms with Crippen LogP contribution in [0, 0.1) is 13.8 Å². The fourth-order valence-electron chi connectivity index (χ4n) is 3.10. The van der Waals surface area contributed by atoms with Crippen LogP contribution in [0.4, 0.5) is 0 Å². The molecule has 0 radical (unpaired) electrons. The van der Waals surface area contributed by atoms with Gasteiger partial charge < -0.3 is 9.67 Å². The predicted molar refractivity (Wildman–Crippen MR) is 74.1 cm³/mol. The summed E-state index contributed by atoms with van der Waals surface area (Å²) in [4.78, 5) is 0. The zero-order valence-corrected chi connectivity index (χ0v) is 11.8. The highest BCUT2D eigenvalue weighted by Gasteiger charge is 2.22. The van der Waals surface area contributed by atoms with Crippen molar-refractivity contribution in [2.45, 2.75) is 45.8 Å². The van der Waals surface area contributed by atoms with E-state index >= 15 is 0 Å². The molecule has 1 unspecified atom stereocenters. The average Bonchev–Trinajstić information content (AvgIpc) is 2.88. The molecule has 2 heterocycles. The number of nitrogens with zero attached hydrogens (tertiary/aromatic N) is 3. The lowest BCUT2D eigenvalue weighted by atomic mass is 9.95. The van der Waals surface area contributed by atoms with Crippen molar-refractivity contribution in [1.29, 1.82) is 0 Å². The molecule has 0 saturated heterocycles. The van der Waals surface area contributed by atoms with Gasteiger partial charge in [0.15, 0.2) is 0 Å². The minimum Gasteiger partial charge on any atom is -0.388 e. The molecule has 4 nitrogen and oxygen atoms in total. The topological polar surface area (TPSA) is 43.0 Å². The van der Waals surface area contributed by atoms with Crippen LogP contribution in [0.1, 0.15) is 47.2 Å². The maximum absolute atomic E-state index is 10.0. The van der Waals surface area contributed by atoms with Crippen LogP contribution in [0.15, 0.2) is 12.3 Å². The van der Waals surface area contributed by atoms with Crippen molar-refractivity contribution in [2.75, 3.05) is 0 Å². The number of hydrogen-bond donors (Lipinski definition) is 1. The van der Waals surface area contributed by atoms with E-state index < -0.39 is 0 Å². The molecule has 0 spiro atoms. The van der Waals surface area contributed by atoms with Crippen LogP contribution < -0.4 is 0 Å². The van der Waals surface area contributed by atoms with Gasteiger partial charge in [-0.05, 0) is 39.2 Å². The summed E-state index contributed by atoms with van der Waals surface area (Å²) in [7, 11) is 1.99. The molecule has 0 saturated carbocycles. The lowest BCUT2D eigenvalue weighted by molar-refractivity contribution is 0.156. The standard InChI is InChI=1S/C15H21N3O/c1-10-13(11(2)17(3)16-10)9-18-8-7-12-14(18)5-4-6-15(12)19/h7-8,15,19H,4-6,9H2,1-3H3. The van der Waals surface area contributed by atoms with Crippen LogP contribution in [0.5, 0.6) is 0 Å². The third-order valence-electron chi connectivity index (χ3n) is 4.35. The molecule has 1 aliphatic carbocycles. The number of hydrogen-bond acceptors (Lipinski definition) is 2. The maximum Gasteiger partial charge on any atom is 0.0807 e. The molecule has 0 bridgehead atoms. The van der Waals surface area contributed by atoms with Crippen LogP contribution in [-0.4, -0.2) is 19.5 Å². The van der Waals surface area contributed by atoms with Gasteiger partial charge in [0.1, 0.15) is 0 Å². The second-order valence-electron chi connectivity index (χ2n) is 5.53. The van der Waals surface area contributed by atoms with Gasteiger partial charge in [-0.25, -0.2) is 0 Å². The normalized spacial score (nSPS) is 18.6. The van der Waals surface area contributed by atoms with Gasteiger partial charge in [0.25, 0.3) is 0 Å². The Balaban J connectivity index is 1.96. The average molecular weight is 259 g/mol. The summed E-state index contributed by atoms with van der Waals surface area (Å²) in [5.74, 6) is 0. The summed E-state index contributed by atoms with van der Waals surface area (Å²) in [5, 5.41) is 14.5. The summed E-state index contributed by atoms with van der Waals surface area (Å²) in [6, 6.07) is 2.07. The van der Waals surface area contributed by atoms with Gasteiger partial charge in [-0.1, -0.05) is 0 Å². The second-order valence-corrected chi connectivity index (χ2v) is 5.53. The van der Waals surface area contributed by atoms with E-state index in [1.54, 1.807) is 0 Å². The molecule has 0 amide bonds. The van der Waals surface area contributed by atoms with Gasteiger partial charge in [-0.3, -0.25) is 4.68 Å². The molecule has 4 heteroatoms. The smallest absolute Gasteiger partial charge is 0.0807 e. The SMILES string of the molecule is Cc1nn(C)c(C)c1Cn1ccc2c1CCCC2O. The van der Waals surface area contributed by atoms with Gasteiger partial charge in [-0.2, -0.15) is 5.10 Å². The molecule has 1 atom stereocenters. The zero-order chi connectivity index (χ0) is 13.6. The summed E-state index contributed by atoms with van der Waals surface area (Å²) >= 11 is 0. The first-order chi connectivity index (χ1) is 9.08. The molecule has 2 aromatic heterocycles. The van der Waals surface area contributed by atoms with E-state index in [1.807, 2.05) is 11.7 Å². The largest absolute Gasteiger partial charge is 0.388 e. The first-order valence-electron chi connectivity index (χ1n) is 6.93. The first-order valence-corrected chi connectivity index (χ1v) is 6.93. The lowest BCUT2D eigenvalue weighted by Crippen LogP contribution is -2.13. The minimum absolute atomic E-state index is 0.277. The third kappa shape index (κ3) is 2.00. The molecule has 1 N–H and O–H groups in total. The molecule has 2 aromatic rings. The molecule has 19 heavy (non-hydrogen) atoms. The van der Waals surface area contributed by atoms with Crippen molar-refractivity contribution in [3.05, 3.63) is 40.5 Å². The number of fused-ring (bicyclic) bond motifs is 1. The molecule has 0 aromatic carbocycles. The summed E-state index contributed by atoms with van der Waals surface area (Å²) in [6.07, 6.45) is 4.86. The Morgan fingerprint density at radius 3 is 2.89 bits per heavy atom. The zero-order valence-electron chi connectivity index (χ0n) is 11.8. The van der Waals surface area contributed by atoms with Gasteiger partial charge in [0.2, 0.25) is 0 Å². The third-order valence-corrected chi connectivity index (χ3v) is 4.35. The highest BCUT2D eigenvalue weighted by Crippen LogP contribution is 2.31. The quantitative estimate of drug-likeness (QED) is 0.899. The first kappa shape index (κ1) is 12.5. The summed E-state index contributed by atoms with van der Waals surface area (Å²) in [6.45, 7) is 5.03. The molecular weight excluding hydrogens is 238 g/mol. The molecule has 0 aliphatic heterocycles. The van der Waals surface area contributed by atoms with Crippen LogP contribution in [-0.2, 0) is 20.0 Å². The van der Waals surface area contributed by atoms with Crippen molar-refractivity contribution in [3.63, 3.8) is 0 Å². The minimum atomic E-state index is -0.277. The number of aryl methyl sites for hydroxylation is 2. The lowest BCUT2D eigenvalue weighted by Gasteiger charge is -2.20. The van der Waals surface area contributed by atoms with Crippen LogP contribution in [0.25, 0.3) is 0 Å². The predicted octanol–water partition coefficient (Wildman–Crippen LogP) is 2.26. The van der Waals surface area contributed by atoms with Crippen LogP contribution in [0.3, 0.4) is 0 Å². The molecule has 0 fully saturated rings. The van der Waals surface area contributed by atoms with Crippen molar-refractivity contribution < 1.29 is 5.11 Å². The van der Waals surface area contributed by atoms with E-state index in [2.05, 4.69) is 35.8 Å². The molecule has 102 valence electrons. The second kappa shape index (κ2) is 4.53. The van der Waals surface area contributed by atoms with E-state index in [-0.39, 0.29) is 6.10 Å². The Morgan fingerprint density at radius 1 is 1.42 bits per heavy atom. The highest BCUT2D eigenvalue weighted by atomic mass is 16.3. The Morgan fingerprint density at radius 2 is 2.21 bits per heavy atom. The fraction of sp³-hybridized carbons (Fsp3) is 0.533. The Hall–Kier alpha value is -1.55. The number of aromatic nitrogens is 3. The monoisotopic (exact) mass is 259 g/mol. The van der Waals surface area contributed by atoms with Crippen molar-refractivity contribution in [2.24, 2.45) is 7.05 Å².